The SMILES string of the molecule is CC(=O)C=C(C)[O-].CC(=O)C=C(C)[O-].CC(C)O.CC(C)O.[Ti+2]. The van der Waals surface area contributed by atoms with Gasteiger partial charge in [-0.25, -0.2) is 0 Å². The first-order chi connectivity index (χ1) is 9.72. The first kappa shape index (κ1) is 33.6. The van der Waals surface area contributed by atoms with Crippen molar-refractivity contribution >= 4 is 11.6 Å². The zero-order valence-electron chi connectivity index (χ0n) is 15.3. The molecule has 7 heteroatoms. The van der Waals surface area contributed by atoms with Crippen molar-refractivity contribution in [3.05, 3.63) is 23.7 Å². The number of allylic oxidation sites excluding steroid dienone is 4. The van der Waals surface area contributed by atoms with Gasteiger partial charge in [0.25, 0.3) is 0 Å². The van der Waals surface area contributed by atoms with E-state index in [4.69, 9.17) is 10.2 Å². The van der Waals surface area contributed by atoms with Gasteiger partial charge in [0.05, 0.1) is 0 Å². The minimum absolute atomic E-state index is 0. The van der Waals surface area contributed by atoms with Crippen molar-refractivity contribution in [1.82, 2.24) is 0 Å². The summed E-state index contributed by atoms with van der Waals surface area (Å²) >= 11 is 0. The molecule has 0 amide bonds. The van der Waals surface area contributed by atoms with E-state index >= 15 is 0 Å². The van der Waals surface area contributed by atoms with E-state index in [0.29, 0.717) is 0 Å². The van der Waals surface area contributed by atoms with Gasteiger partial charge in [-0.3, -0.25) is 9.59 Å². The number of aliphatic hydroxyl groups is 2. The second-order valence-corrected chi connectivity index (χ2v) is 4.92. The summed E-state index contributed by atoms with van der Waals surface area (Å²) in [4.78, 5) is 20.0. The molecule has 0 atom stereocenters. The fourth-order valence-corrected chi connectivity index (χ4v) is 0.572. The number of aliphatic hydroxyl groups excluding tert-OH is 2. The van der Waals surface area contributed by atoms with Gasteiger partial charge in [0.1, 0.15) is 0 Å². The Morgan fingerprint density at radius 2 is 0.870 bits per heavy atom. The minimum Gasteiger partial charge on any atom is -0.876 e. The number of hydrogen-bond acceptors (Lipinski definition) is 6. The van der Waals surface area contributed by atoms with Crippen LogP contribution in [0.1, 0.15) is 55.4 Å². The first-order valence-electron chi connectivity index (χ1n) is 6.80. The molecule has 0 unspecified atom stereocenters. The standard InChI is InChI=1S/2C5H8O2.2C3H8O.Ti/c2*1-4(6)3-5(2)7;2*1-3(2)4;/h2*3,6H,1-2H3;2*3-4H,1-2H3;/q;;;;+2/p-2. The van der Waals surface area contributed by atoms with Crippen LogP contribution < -0.4 is 10.2 Å². The van der Waals surface area contributed by atoms with Crippen LogP contribution in [-0.4, -0.2) is 34.0 Å². The van der Waals surface area contributed by atoms with Crippen LogP contribution in [0.3, 0.4) is 0 Å². The van der Waals surface area contributed by atoms with Crippen LogP contribution in [-0.2, 0) is 31.3 Å². The van der Waals surface area contributed by atoms with Gasteiger partial charge >= 0.3 is 21.7 Å². The predicted molar refractivity (Wildman–Crippen MR) is 83.6 cm³/mol. The molecular formula is C16H30O6Ti. The van der Waals surface area contributed by atoms with Gasteiger partial charge in [-0.2, -0.15) is 0 Å². The van der Waals surface area contributed by atoms with Gasteiger partial charge in [0.15, 0.2) is 11.6 Å². The summed E-state index contributed by atoms with van der Waals surface area (Å²) in [7, 11) is 0. The summed E-state index contributed by atoms with van der Waals surface area (Å²) < 4.78 is 0. The van der Waals surface area contributed by atoms with Crippen LogP contribution in [0.2, 0.25) is 0 Å². The van der Waals surface area contributed by atoms with Crippen LogP contribution in [0.4, 0.5) is 0 Å². The zero-order valence-corrected chi connectivity index (χ0v) is 16.9. The van der Waals surface area contributed by atoms with Crippen molar-refractivity contribution in [2.24, 2.45) is 0 Å². The van der Waals surface area contributed by atoms with Crippen molar-refractivity contribution in [2.45, 2.75) is 67.6 Å². The van der Waals surface area contributed by atoms with Crippen LogP contribution in [0, 0.1) is 0 Å². The second-order valence-electron chi connectivity index (χ2n) is 4.92. The number of carbonyl (C=O) groups is 2. The Kier molecular flexibility index (Phi) is 34.1. The van der Waals surface area contributed by atoms with E-state index in [1.165, 1.54) is 27.7 Å². The Morgan fingerprint density at radius 3 is 0.870 bits per heavy atom. The Bertz CT molecular complexity index is 299. The quantitative estimate of drug-likeness (QED) is 0.416. The maximum Gasteiger partial charge on any atom is 2.00 e. The van der Waals surface area contributed by atoms with Gasteiger partial charge in [0.2, 0.25) is 0 Å². The van der Waals surface area contributed by atoms with E-state index < -0.39 is 0 Å². The van der Waals surface area contributed by atoms with E-state index in [-0.39, 0.29) is 57.0 Å². The molecule has 0 bridgehead atoms. The van der Waals surface area contributed by atoms with Crippen molar-refractivity contribution in [3.8, 4) is 0 Å². The Labute approximate surface area is 154 Å². The molecule has 0 aromatic heterocycles. The summed E-state index contributed by atoms with van der Waals surface area (Å²) in [5.41, 5.74) is 0. The molecule has 0 saturated carbocycles. The molecule has 0 fully saturated rings. The molecule has 0 aromatic carbocycles. The third-order valence-electron chi connectivity index (χ3n) is 0.813. The number of carbonyl (C=O) groups excluding carboxylic acids is 2. The molecule has 6 nitrogen and oxygen atoms in total. The van der Waals surface area contributed by atoms with E-state index in [0.717, 1.165) is 12.2 Å². The third-order valence-corrected chi connectivity index (χ3v) is 0.813. The molecule has 0 radical (unpaired) electrons. The molecule has 0 saturated heterocycles. The van der Waals surface area contributed by atoms with Crippen molar-refractivity contribution in [1.29, 1.82) is 0 Å². The average molecular weight is 366 g/mol. The molecule has 0 aromatic rings. The number of ketones is 2. The van der Waals surface area contributed by atoms with Crippen molar-refractivity contribution < 1.29 is 51.7 Å². The molecule has 2 N–H and O–H groups in total. The summed E-state index contributed by atoms with van der Waals surface area (Å²) in [5.74, 6) is -0.750. The molecule has 0 spiro atoms. The van der Waals surface area contributed by atoms with Gasteiger partial charge in [0, 0.05) is 12.2 Å². The predicted octanol–water partition coefficient (Wildman–Crippen LogP) is 0.451. The third kappa shape index (κ3) is 154. The van der Waals surface area contributed by atoms with Crippen LogP contribution in [0.15, 0.2) is 23.7 Å². The molecule has 0 aliphatic carbocycles. The molecular weight excluding hydrogens is 336 g/mol. The van der Waals surface area contributed by atoms with Gasteiger partial charge in [-0.05, 0) is 53.7 Å². The Hall–Kier alpha value is -0.946. The average Bonchev–Trinajstić information content (AvgIpc) is 2.10. The largest absolute Gasteiger partial charge is 2.00 e. The summed E-state index contributed by atoms with van der Waals surface area (Å²) in [6.07, 6.45) is 1.78. The van der Waals surface area contributed by atoms with Gasteiger partial charge in [-0.15, -0.1) is 11.5 Å². The molecule has 0 rings (SSSR count). The van der Waals surface area contributed by atoms with Crippen LogP contribution >= 0.6 is 0 Å². The maximum atomic E-state index is 9.98. The maximum absolute atomic E-state index is 9.98. The number of hydrogen-bond donors (Lipinski definition) is 2. The van der Waals surface area contributed by atoms with Crippen molar-refractivity contribution in [3.63, 3.8) is 0 Å². The Morgan fingerprint density at radius 1 is 0.739 bits per heavy atom. The van der Waals surface area contributed by atoms with E-state index in [2.05, 4.69) is 0 Å². The summed E-state index contributed by atoms with van der Waals surface area (Å²) in [6.45, 7) is 12.3. The van der Waals surface area contributed by atoms with Crippen LogP contribution in [0.5, 0.6) is 0 Å². The van der Waals surface area contributed by atoms with Gasteiger partial charge in [-0.1, -0.05) is 13.8 Å². The first-order valence-corrected chi connectivity index (χ1v) is 6.80. The van der Waals surface area contributed by atoms with E-state index in [9.17, 15) is 19.8 Å². The van der Waals surface area contributed by atoms with Crippen molar-refractivity contribution in [2.75, 3.05) is 0 Å². The Balaban J connectivity index is -0.0000000639. The van der Waals surface area contributed by atoms with E-state index in [1.807, 2.05) is 0 Å². The van der Waals surface area contributed by atoms with Gasteiger partial charge < -0.3 is 20.4 Å². The fourth-order valence-electron chi connectivity index (χ4n) is 0.572. The summed E-state index contributed by atoms with van der Waals surface area (Å²) in [6, 6.07) is 0. The molecule has 134 valence electrons. The van der Waals surface area contributed by atoms with Crippen LogP contribution in [0.25, 0.3) is 0 Å². The van der Waals surface area contributed by atoms with E-state index in [1.54, 1.807) is 27.7 Å². The fraction of sp³-hybridized carbons (Fsp3) is 0.625. The second kappa shape index (κ2) is 23.3. The normalized spacial score (nSPS) is 10.1. The summed E-state index contributed by atoms with van der Waals surface area (Å²) in [5, 5.41) is 36.1. The zero-order chi connectivity index (χ0) is 18.9. The molecule has 0 aliphatic heterocycles. The minimum atomic E-state index is -0.187. The monoisotopic (exact) mass is 366 g/mol. The molecule has 23 heavy (non-hydrogen) atoms. The number of rotatable bonds is 2. The smallest absolute Gasteiger partial charge is 0.876 e. The molecule has 0 heterocycles. The molecule has 0 aliphatic rings. The topological polar surface area (TPSA) is 121 Å².